The van der Waals surface area contributed by atoms with Crippen LogP contribution >= 0.6 is 11.3 Å². The summed E-state index contributed by atoms with van der Waals surface area (Å²) >= 11 is 1.81. The maximum atomic E-state index is 13.3. The molecule has 1 saturated heterocycles. The predicted molar refractivity (Wildman–Crippen MR) is 127 cm³/mol. The van der Waals surface area contributed by atoms with Crippen molar-refractivity contribution in [3.8, 4) is 0 Å². The number of thiazole rings is 1. The van der Waals surface area contributed by atoms with Gasteiger partial charge in [-0.15, -0.1) is 11.3 Å². The predicted octanol–water partition coefficient (Wildman–Crippen LogP) is 5.92. The molecular formula is C26H27N3OS. The van der Waals surface area contributed by atoms with E-state index >= 15 is 0 Å². The molecule has 0 saturated carbocycles. The molecule has 158 valence electrons. The molecule has 1 aliphatic carbocycles. The lowest BCUT2D eigenvalue weighted by Crippen LogP contribution is -2.37. The molecule has 0 spiro atoms. The van der Waals surface area contributed by atoms with E-state index in [0.717, 1.165) is 49.9 Å². The molecule has 5 heteroatoms. The molecule has 4 aromatic rings. The zero-order chi connectivity index (χ0) is 20.9. The summed E-state index contributed by atoms with van der Waals surface area (Å²) in [7, 11) is 0. The van der Waals surface area contributed by atoms with Crippen LogP contribution in [0.4, 0.5) is 0 Å². The van der Waals surface area contributed by atoms with Crippen LogP contribution in [-0.4, -0.2) is 33.9 Å². The van der Waals surface area contributed by atoms with Crippen LogP contribution < -0.4 is 0 Å². The minimum Gasteiger partial charge on any atom is -0.358 e. The van der Waals surface area contributed by atoms with Crippen molar-refractivity contribution in [1.29, 1.82) is 0 Å². The number of likely N-dealkylation sites (tertiary alicyclic amines) is 1. The third-order valence-corrected chi connectivity index (χ3v) is 8.32. The van der Waals surface area contributed by atoms with E-state index in [9.17, 15) is 4.79 Å². The molecule has 3 heterocycles. The van der Waals surface area contributed by atoms with E-state index in [1.807, 2.05) is 28.4 Å². The SMILES string of the molecule is CC1CCc2[nH]c3ccc(C(=O)N4CCC(c5nc6ccccc6s5)CC4)cc3c2C1. The number of carbonyl (C=O) groups excluding carboxylic acids is 1. The molecule has 1 unspecified atom stereocenters. The summed E-state index contributed by atoms with van der Waals surface area (Å²) in [5.74, 6) is 1.35. The first-order valence-corrected chi connectivity index (χ1v) is 12.3. The summed E-state index contributed by atoms with van der Waals surface area (Å²) in [6, 6.07) is 14.6. The molecule has 1 N–H and O–H groups in total. The van der Waals surface area contributed by atoms with E-state index in [2.05, 4.69) is 42.2 Å². The fourth-order valence-electron chi connectivity index (χ4n) is 5.30. The summed E-state index contributed by atoms with van der Waals surface area (Å²) in [5, 5.41) is 2.47. The Bertz CT molecular complexity index is 1250. The molecule has 4 nitrogen and oxygen atoms in total. The molecule has 2 aromatic carbocycles. The Labute approximate surface area is 186 Å². The van der Waals surface area contributed by atoms with Crippen molar-refractivity contribution in [2.24, 2.45) is 5.92 Å². The zero-order valence-electron chi connectivity index (χ0n) is 17.9. The smallest absolute Gasteiger partial charge is 0.253 e. The van der Waals surface area contributed by atoms with Gasteiger partial charge in [-0.1, -0.05) is 19.1 Å². The second-order valence-electron chi connectivity index (χ2n) is 9.28. The molecule has 1 atom stereocenters. The van der Waals surface area contributed by atoms with Gasteiger partial charge in [0.05, 0.1) is 15.2 Å². The van der Waals surface area contributed by atoms with E-state index in [1.54, 1.807) is 0 Å². The van der Waals surface area contributed by atoms with Gasteiger partial charge in [0.1, 0.15) is 0 Å². The number of nitrogens with one attached hydrogen (secondary N) is 1. The number of nitrogens with zero attached hydrogens (tertiary/aromatic N) is 2. The first kappa shape index (κ1) is 19.1. The number of carbonyl (C=O) groups is 1. The number of H-pyrrole nitrogens is 1. The van der Waals surface area contributed by atoms with Crippen LogP contribution in [0.3, 0.4) is 0 Å². The number of aromatic nitrogens is 2. The number of fused-ring (bicyclic) bond motifs is 4. The van der Waals surface area contributed by atoms with Gasteiger partial charge < -0.3 is 9.88 Å². The maximum Gasteiger partial charge on any atom is 0.253 e. The summed E-state index contributed by atoms with van der Waals surface area (Å²) in [6.45, 7) is 3.94. The van der Waals surface area contributed by atoms with Crippen LogP contribution in [0.15, 0.2) is 42.5 Å². The van der Waals surface area contributed by atoms with E-state index in [1.165, 1.54) is 38.3 Å². The Morgan fingerprint density at radius 1 is 1.13 bits per heavy atom. The Morgan fingerprint density at radius 3 is 2.81 bits per heavy atom. The van der Waals surface area contributed by atoms with Gasteiger partial charge in [-0.25, -0.2) is 4.98 Å². The van der Waals surface area contributed by atoms with Gasteiger partial charge in [-0.3, -0.25) is 4.79 Å². The Hall–Kier alpha value is -2.66. The lowest BCUT2D eigenvalue weighted by atomic mass is 9.87. The second kappa shape index (κ2) is 7.49. The summed E-state index contributed by atoms with van der Waals surface area (Å²) < 4.78 is 1.26. The van der Waals surface area contributed by atoms with Crippen molar-refractivity contribution in [3.63, 3.8) is 0 Å². The van der Waals surface area contributed by atoms with Crippen LogP contribution in [0.5, 0.6) is 0 Å². The molecule has 0 bridgehead atoms. The normalized spacial score (nSPS) is 19.8. The van der Waals surface area contributed by atoms with Gasteiger partial charge in [-0.05, 0) is 73.9 Å². The fraction of sp³-hybridized carbons (Fsp3) is 0.385. The highest BCUT2D eigenvalue weighted by Crippen LogP contribution is 2.35. The zero-order valence-corrected chi connectivity index (χ0v) is 18.7. The maximum absolute atomic E-state index is 13.3. The van der Waals surface area contributed by atoms with Crippen molar-refractivity contribution >= 4 is 38.4 Å². The fourth-order valence-corrected chi connectivity index (χ4v) is 6.44. The monoisotopic (exact) mass is 429 g/mol. The van der Waals surface area contributed by atoms with E-state index in [-0.39, 0.29) is 5.91 Å². The third-order valence-electron chi connectivity index (χ3n) is 7.12. The quantitative estimate of drug-likeness (QED) is 0.430. The average molecular weight is 430 g/mol. The number of piperidine rings is 1. The van der Waals surface area contributed by atoms with Crippen molar-refractivity contribution in [2.45, 2.75) is 44.9 Å². The van der Waals surface area contributed by atoms with E-state index < -0.39 is 0 Å². The van der Waals surface area contributed by atoms with Crippen LogP contribution in [0, 0.1) is 5.92 Å². The number of hydrogen-bond acceptors (Lipinski definition) is 3. The number of benzene rings is 2. The molecule has 0 radical (unpaired) electrons. The van der Waals surface area contributed by atoms with E-state index in [4.69, 9.17) is 4.98 Å². The molecule has 1 amide bonds. The lowest BCUT2D eigenvalue weighted by Gasteiger charge is -2.31. The topological polar surface area (TPSA) is 49.0 Å². The number of hydrogen-bond donors (Lipinski definition) is 1. The van der Waals surface area contributed by atoms with Crippen molar-refractivity contribution < 1.29 is 4.79 Å². The standard InChI is InChI=1S/C26H27N3OS/c1-16-6-8-21-19(14-16)20-15-18(7-9-22(20)27-21)26(30)29-12-10-17(11-13-29)25-28-23-4-2-3-5-24(23)31-25/h2-5,7,9,15-17,27H,6,8,10-14H2,1H3. The molecule has 2 aliphatic rings. The van der Waals surface area contributed by atoms with E-state index in [0.29, 0.717) is 11.8 Å². The van der Waals surface area contributed by atoms with Crippen LogP contribution in [0.1, 0.15) is 58.7 Å². The van der Waals surface area contributed by atoms with Crippen molar-refractivity contribution in [1.82, 2.24) is 14.9 Å². The van der Waals surface area contributed by atoms with Gasteiger partial charge in [0.25, 0.3) is 5.91 Å². The van der Waals surface area contributed by atoms with Gasteiger partial charge in [-0.2, -0.15) is 0 Å². The highest BCUT2D eigenvalue weighted by Gasteiger charge is 2.27. The lowest BCUT2D eigenvalue weighted by molar-refractivity contribution is 0.0713. The number of para-hydroxylation sites is 1. The number of amides is 1. The van der Waals surface area contributed by atoms with Gasteiger partial charge in [0.15, 0.2) is 0 Å². The second-order valence-corrected chi connectivity index (χ2v) is 10.3. The van der Waals surface area contributed by atoms with Gasteiger partial charge in [0.2, 0.25) is 0 Å². The van der Waals surface area contributed by atoms with Gasteiger partial charge >= 0.3 is 0 Å². The summed E-state index contributed by atoms with van der Waals surface area (Å²) in [5.41, 5.74) is 5.89. The Kier molecular flexibility index (Phi) is 4.60. The highest BCUT2D eigenvalue weighted by atomic mass is 32.1. The molecule has 2 aromatic heterocycles. The van der Waals surface area contributed by atoms with Crippen LogP contribution in [0.25, 0.3) is 21.1 Å². The van der Waals surface area contributed by atoms with Crippen LogP contribution in [-0.2, 0) is 12.8 Å². The first-order valence-electron chi connectivity index (χ1n) is 11.4. The van der Waals surface area contributed by atoms with Crippen molar-refractivity contribution in [3.05, 3.63) is 64.3 Å². The van der Waals surface area contributed by atoms with Gasteiger partial charge in [0, 0.05) is 41.2 Å². The Morgan fingerprint density at radius 2 is 1.97 bits per heavy atom. The highest BCUT2D eigenvalue weighted by molar-refractivity contribution is 7.18. The van der Waals surface area contributed by atoms with Crippen molar-refractivity contribution in [2.75, 3.05) is 13.1 Å². The number of aromatic amines is 1. The first-order chi connectivity index (χ1) is 15.2. The largest absolute Gasteiger partial charge is 0.358 e. The molecule has 6 rings (SSSR count). The molecule has 1 fully saturated rings. The summed E-state index contributed by atoms with van der Waals surface area (Å²) in [4.78, 5) is 23.8. The molecule has 1 aliphatic heterocycles. The molecular weight excluding hydrogens is 402 g/mol. The minimum absolute atomic E-state index is 0.170. The summed E-state index contributed by atoms with van der Waals surface area (Å²) in [6.07, 6.45) is 5.46. The third kappa shape index (κ3) is 3.35. The Balaban J connectivity index is 1.20. The average Bonchev–Trinajstić information content (AvgIpc) is 3.39. The van der Waals surface area contributed by atoms with Crippen LogP contribution in [0.2, 0.25) is 0 Å². The number of rotatable bonds is 2. The number of aryl methyl sites for hydroxylation is 1. The molecule has 31 heavy (non-hydrogen) atoms. The minimum atomic E-state index is 0.170.